The van der Waals surface area contributed by atoms with E-state index in [1.807, 2.05) is 36.4 Å². The maximum atomic E-state index is 12.3. The molecule has 0 aliphatic carbocycles. The third-order valence-electron chi connectivity index (χ3n) is 4.20. The lowest BCUT2D eigenvalue weighted by molar-refractivity contribution is 0.0939. The van der Waals surface area contributed by atoms with Crippen molar-refractivity contribution < 1.29 is 14.3 Å². The van der Waals surface area contributed by atoms with Gasteiger partial charge in [-0.25, -0.2) is 0 Å². The summed E-state index contributed by atoms with van der Waals surface area (Å²) >= 11 is 0. The van der Waals surface area contributed by atoms with Crippen LogP contribution in [0, 0.1) is 0 Å². The zero-order valence-corrected chi connectivity index (χ0v) is 15.5. The van der Waals surface area contributed by atoms with Crippen molar-refractivity contribution in [1.82, 2.24) is 15.6 Å². The van der Waals surface area contributed by atoms with Crippen LogP contribution in [0.3, 0.4) is 0 Å². The number of ether oxygens (including phenoxy) is 1. The van der Waals surface area contributed by atoms with Crippen LogP contribution < -0.4 is 15.4 Å². The molecule has 6 nitrogen and oxygen atoms in total. The minimum absolute atomic E-state index is 0.196. The second-order valence-electron chi connectivity index (χ2n) is 6.15. The molecule has 28 heavy (non-hydrogen) atoms. The number of hydrogen-bond acceptors (Lipinski definition) is 4. The molecule has 0 saturated carbocycles. The Balaban J connectivity index is 1.52. The van der Waals surface area contributed by atoms with Gasteiger partial charge in [-0.15, -0.1) is 0 Å². The van der Waals surface area contributed by atoms with Crippen LogP contribution in [0.1, 0.15) is 31.8 Å². The van der Waals surface area contributed by atoms with Gasteiger partial charge in [-0.1, -0.05) is 18.2 Å². The van der Waals surface area contributed by atoms with Crippen LogP contribution in [0.15, 0.2) is 73.1 Å². The molecular formula is C22H21N3O3. The van der Waals surface area contributed by atoms with E-state index in [2.05, 4.69) is 15.6 Å². The Hall–Kier alpha value is -3.67. The highest BCUT2D eigenvalue weighted by molar-refractivity contribution is 5.97. The minimum atomic E-state index is -0.200. The molecule has 142 valence electrons. The fourth-order valence-electron chi connectivity index (χ4n) is 2.59. The fourth-order valence-corrected chi connectivity index (χ4v) is 2.59. The molecule has 0 unspecified atom stereocenters. The first-order chi connectivity index (χ1) is 13.7. The minimum Gasteiger partial charge on any atom is -0.497 e. The smallest absolute Gasteiger partial charge is 0.251 e. The number of pyridine rings is 1. The molecule has 0 bridgehead atoms. The van der Waals surface area contributed by atoms with Gasteiger partial charge in [0.15, 0.2) is 0 Å². The Morgan fingerprint density at radius 3 is 1.89 bits per heavy atom. The highest BCUT2D eigenvalue weighted by Crippen LogP contribution is 2.11. The van der Waals surface area contributed by atoms with E-state index in [-0.39, 0.29) is 11.8 Å². The van der Waals surface area contributed by atoms with E-state index in [4.69, 9.17) is 4.74 Å². The van der Waals surface area contributed by atoms with E-state index < -0.39 is 0 Å². The topological polar surface area (TPSA) is 80.3 Å². The number of amides is 2. The predicted octanol–water partition coefficient (Wildman–Crippen LogP) is 2.95. The quantitative estimate of drug-likeness (QED) is 0.665. The number of carbonyl (C=O) groups is 2. The third kappa shape index (κ3) is 5.17. The van der Waals surface area contributed by atoms with Crippen LogP contribution in [-0.4, -0.2) is 23.9 Å². The normalized spacial score (nSPS) is 10.2. The lowest BCUT2D eigenvalue weighted by atomic mass is 10.1. The molecule has 1 aromatic heterocycles. The average Bonchev–Trinajstić information content (AvgIpc) is 2.77. The molecule has 0 fully saturated rings. The van der Waals surface area contributed by atoms with Gasteiger partial charge in [0.25, 0.3) is 11.8 Å². The van der Waals surface area contributed by atoms with Gasteiger partial charge >= 0.3 is 0 Å². The maximum Gasteiger partial charge on any atom is 0.251 e. The highest BCUT2D eigenvalue weighted by atomic mass is 16.5. The highest BCUT2D eigenvalue weighted by Gasteiger charge is 2.09. The second-order valence-corrected chi connectivity index (χ2v) is 6.15. The van der Waals surface area contributed by atoms with E-state index in [0.29, 0.717) is 24.2 Å². The van der Waals surface area contributed by atoms with Gasteiger partial charge in [-0.2, -0.15) is 0 Å². The van der Waals surface area contributed by atoms with Crippen LogP contribution in [0.2, 0.25) is 0 Å². The van der Waals surface area contributed by atoms with Crippen molar-refractivity contribution in [3.63, 3.8) is 0 Å². The zero-order valence-electron chi connectivity index (χ0n) is 15.5. The Morgan fingerprint density at radius 2 is 1.39 bits per heavy atom. The van der Waals surface area contributed by atoms with Crippen LogP contribution in [0.4, 0.5) is 0 Å². The summed E-state index contributed by atoms with van der Waals surface area (Å²) in [4.78, 5) is 28.5. The van der Waals surface area contributed by atoms with Gasteiger partial charge < -0.3 is 15.4 Å². The van der Waals surface area contributed by atoms with E-state index in [1.54, 1.807) is 43.8 Å². The first-order valence-electron chi connectivity index (χ1n) is 8.84. The Kier molecular flexibility index (Phi) is 6.36. The van der Waals surface area contributed by atoms with Crippen molar-refractivity contribution in [2.45, 2.75) is 13.1 Å². The van der Waals surface area contributed by atoms with Gasteiger partial charge in [-0.05, 0) is 53.6 Å². The van der Waals surface area contributed by atoms with E-state index in [0.717, 1.165) is 16.9 Å². The van der Waals surface area contributed by atoms with Gasteiger partial charge in [0.1, 0.15) is 5.75 Å². The van der Waals surface area contributed by atoms with E-state index >= 15 is 0 Å². The summed E-state index contributed by atoms with van der Waals surface area (Å²) in [5.74, 6) is 0.375. The standard InChI is InChI=1S/C22H21N3O3/c1-28-20-10-4-16(5-11-20)14-24-21(26)18-6-8-19(9-7-18)22(27)25-15-17-3-2-12-23-13-17/h2-13H,14-15H2,1H3,(H,24,26)(H,25,27). The molecule has 2 aromatic carbocycles. The monoisotopic (exact) mass is 375 g/mol. The molecule has 0 aliphatic rings. The molecule has 6 heteroatoms. The number of nitrogens with zero attached hydrogens (tertiary/aromatic N) is 1. The lowest BCUT2D eigenvalue weighted by Gasteiger charge is -2.08. The Labute approximate surface area is 163 Å². The van der Waals surface area contributed by atoms with Crippen molar-refractivity contribution in [3.8, 4) is 5.75 Å². The van der Waals surface area contributed by atoms with Crippen molar-refractivity contribution >= 4 is 11.8 Å². The van der Waals surface area contributed by atoms with Gasteiger partial charge in [0, 0.05) is 36.6 Å². The number of nitrogens with one attached hydrogen (secondary N) is 2. The van der Waals surface area contributed by atoms with Gasteiger partial charge in [-0.3, -0.25) is 14.6 Å². The number of benzene rings is 2. The number of rotatable bonds is 7. The van der Waals surface area contributed by atoms with Crippen molar-refractivity contribution in [1.29, 1.82) is 0 Å². The summed E-state index contributed by atoms with van der Waals surface area (Å²) in [6.07, 6.45) is 3.39. The SMILES string of the molecule is COc1ccc(CNC(=O)c2ccc(C(=O)NCc3cccnc3)cc2)cc1. The molecule has 0 radical (unpaired) electrons. The average molecular weight is 375 g/mol. The summed E-state index contributed by atoms with van der Waals surface area (Å²) in [5, 5.41) is 5.69. The Morgan fingerprint density at radius 1 is 0.821 bits per heavy atom. The van der Waals surface area contributed by atoms with Gasteiger partial charge in [0.05, 0.1) is 7.11 Å². The number of carbonyl (C=O) groups excluding carboxylic acids is 2. The largest absolute Gasteiger partial charge is 0.497 e. The lowest BCUT2D eigenvalue weighted by Crippen LogP contribution is -2.24. The molecule has 0 atom stereocenters. The molecule has 0 saturated heterocycles. The summed E-state index contributed by atoms with van der Waals surface area (Å²) in [6.45, 7) is 0.812. The molecule has 3 rings (SSSR count). The first-order valence-corrected chi connectivity index (χ1v) is 8.84. The summed E-state index contributed by atoms with van der Waals surface area (Å²) in [6, 6.07) is 17.8. The molecule has 2 N–H and O–H groups in total. The molecule has 0 aliphatic heterocycles. The fraction of sp³-hybridized carbons (Fsp3) is 0.136. The summed E-state index contributed by atoms with van der Waals surface area (Å²) < 4.78 is 5.11. The van der Waals surface area contributed by atoms with Crippen LogP contribution in [0.5, 0.6) is 5.75 Å². The number of methoxy groups -OCH3 is 1. The van der Waals surface area contributed by atoms with Crippen molar-refractivity contribution in [2.75, 3.05) is 7.11 Å². The molecule has 1 heterocycles. The van der Waals surface area contributed by atoms with E-state index in [9.17, 15) is 9.59 Å². The first kappa shape index (κ1) is 19.1. The third-order valence-corrected chi connectivity index (χ3v) is 4.20. The maximum absolute atomic E-state index is 12.3. The number of hydrogen-bond donors (Lipinski definition) is 2. The summed E-state index contributed by atoms with van der Waals surface area (Å²) in [5.41, 5.74) is 2.89. The molecule has 0 spiro atoms. The molecule has 3 aromatic rings. The molecular weight excluding hydrogens is 354 g/mol. The second kappa shape index (κ2) is 9.32. The van der Waals surface area contributed by atoms with Crippen LogP contribution in [-0.2, 0) is 13.1 Å². The Bertz CT molecular complexity index is 924. The van der Waals surface area contributed by atoms with E-state index in [1.165, 1.54) is 0 Å². The molecule has 2 amide bonds. The van der Waals surface area contributed by atoms with Crippen molar-refractivity contribution in [2.24, 2.45) is 0 Å². The van der Waals surface area contributed by atoms with Crippen molar-refractivity contribution in [3.05, 3.63) is 95.3 Å². The van der Waals surface area contributed by atoms with Crippen LogP contribution in [0.25, 0.3) is 0 Å². The summed E-state index contributed by atoms with van der Waals surface area (Å²) in [7, 11) is 1.61. The predicted molar refractivity (Wildman–Crippen MR) is 106 cm³/mol. The van der Waals surface area contributed by atoms with Crippen LogP contribution >= 0.6 is 0 Å². The van der Waals surface area contributed by atoms with Gasteiger partial charge in [0.2, 0.25) is 0 Å². The number of aromatic nitrogens is 1. The zero-order chi connectivity index (χ0) is 19.8.